The number of Topliss-reactive ketones (excluding diaryl/α,β-unsaturated/α-hetero) is 1. The number of unbranched alkanes of at least 4 members (excludes halogenated alkanes) is 5. The van der Waals surface area contributed by atoms with E-state index in [1.54, 1.807) is 4.08 Å². The molecule has 0 amide bonds. The molecule has 1 saturated carbocycles. The summed E-state index contributed by atoms with van der Waals surface area (Å²) in [5.74, 6) is 0.0912. The summed E-state index contributed by atoms with van der Waals surface area (Å²) in [4.78, 5) is 12.6. The van der Waals surface area contributed by atoms with Gasteiger partial charge in [0.2, 0.25) is 0 Å². The van der Waals surface area contributed by atoms with Crippen LogP contribution < -0.4 is 0 Å². The Morgan fingerprint density at radius 2 is 1.82 bits per heavy atom. The van der Waals surface area contributed by atoms with Crippen LogP contribution in [0.2, 0.25) is 0 Å². The number of hydrogen-bond acceptors (Lipinski definition) is 3. The van der Waals surface area contributed by atoms with Crippen molar-refractivity contribution in [1.29, 1.82) is 10.5 Å². The molecule has 1 unspecified atom stereocenters. The van der Waals surface area contributed by atoms with Crippen molar-refractivity contribution in [3.05, 3.63) is 20.8 Å². The molecule has 0 saturated heterocycles. The van der Waals surface area contributed by atoms with Gasteiger partial charge in [-0.1, -0.05) is 75.0 Å². The molecular formula is C18H23IN2O. The minimum absolute atomic E-state index is 0.0861. The highest BCUT2D eigenvalue weighted by Crippen LogP contribution is 2.46. The molecule has 0 aromatic heterocycles. The highest BCUT2D eigenvalue weighted by molar-refractivity contribution is 14.1. The Morgan fingerprint density at radius 3 is 2.36 bits per heavy atom. The molecule has 0 heterocycles. The van der Waals surface area contributed by atoms with Crippen LogP contribution in [0.5, 0.6) is 0 Å². The average molecular weight is 410 g/mol. The van der Waals surface area contributed by atoms with Gasteiger partial charge in [-0.05, 0) is 22.5 Å². The summed E-state index contributed by atoms with van der Waals surface area (Å²) < 4.78 is 1.72. The Hall–Kier alpha value is -1.14. The first-order valence-electron chi connectivity index (χ1n) is 7.93. The van der Waals surface area contributed by atoms with Gasteiger partial charge in [0.05, 0.1) is 0 Å². The van der Waals surface area contributed by atoms with Crippen LogP contribution in [0.15, 0.2) is 20.8 Å². The maximum absolute atomic E-state index is 12.6. The van der Waals surface area contributed by atoms with Gasteiger partial charge in [0, 0.05) is 11.0 Å². The van der Waals surface area contributed by atoms with E-state index in [0.717, 1.165) is 19.3 Å². The third-order valence-electron chi connectivity index (χ3n) is 4.40. The van der Waals surface area contributed by atoms with E-state index < -0.39 is 5.41 Å². The number of allylic oxidation sites excluding steroid dienone is 3. The number of ketones is 1. The molecule has 1 atom stereocenters. The largest absolute Gasteiger partial charge is 0.294 e. The maximum atomic E-state index is 12.6. The smallest absolute Gasteiger partial charge is 0.169 e. The van der Waals surface area contributed by atoms with Crippen LogP contribution in [0.25, 0.3) is 0 Å². The Morgan fingerprint density at radius 1 is 1.23 bits per heavy atom. The van der Waals surface area contributed by atoms with E-state index in [0.29, 0.717) is 17.6 Å². The van der Waals surface area contributed by atoms with Gasteiger partial charge in [0.25, 0.3) is 0 Å². The first-order valence-corrected chi connectivity index (χ1v) is 9.17. The Kier molecular flexibility index (Phi) is 7.82. The number of carbonyl (C=O) groups excluding carboxylic acids is 1. The molecule has 1 fully saturated rings. The number of hydrogen-bond donors (Lipinski definition) is 0. The zero-order chi connectivity index (χ0) is 16.6. The molecule has 1 aliphatic rings. The number of nitriles is 2. The van der Waals surface area contributed by atoms with E-state index in [1.165, 1.54) is 25.7 Å². The minimum Gasteiger partial charge on any atom is -0.294 e. The second-order valence-corrected chi connectivity index (χ2v) is 6.81. The normalized spacial score (nSPS) is 22.7. The van der Waals surface area contributed by atoms with Crippen LogP contribution in [0.1, 0.15) is 65.2 Å². The molecule has 22 heavy (non-hydrogen) atoms. The fraction of sp³-hybridized carbons (Fsp3) is 0.611. The topological polar surface area (TPSA) is 64.7 Å². The predicted molar refractivity (Wildman–Crippen MR) is 96.1 cm³/mol. The first-order chi connectivity index (χ1) is 10.5. The van der Waals surface area contributed by atoms with Gasteiger partial charge in [-0.3, -0.25) is 4.79 Å². The van der Waals surface area contributed by atoms with E-state index in [1.807, 2.05) is 41.7 Å². The number of carbonyl (C=O) groups is 1. The van der Waals surface area contributed by atoms with E-state index in [-0.39, 0.29) is 11.4 Å². The van der Waals surface area contributed by atoms with Crippen molar-refractivity contribution in [1.82, 2.24) is 0 Å². The van der Waals surface area contributed by atoms with Gasteiger partial charge in [-0.15, -0.1) is 0 Å². The molecule has 0 radical (unpaired) electrons. The highest BCUT2D eigenvalue weighted by Gasteiger charge is 2.44. The van der Waals surface area contributed by atoms with Gasteiger partial charge in [0.15, 0.2) is 5.78 Å². The predicted octanol–water partition coefficient (Wildman–Crippen LogP) is 5.38. The van der Waals surface area contributed by atoms with Crippen molar-refractivity contribution in [3.8, 4) is 12.1 Å². The summed E-state index contributed by atoms with van der Waals surface area (Å²) in [5.41, 5.74) is 0.837. The molecule has 1 rings (SSSR count). The number of halogens is 1. The molecule has 118 valence electrons. The number of rotatable bonds is 7. The van der Waals surface area contributed by atoms with Crippen LogP contribution in [0, 0.1) is 28.1 Å². The van der Waals surface area contributed by atoms with Crippen molar-refractivity contribution in [2.45, 2.75) is 65.2 Å². The minimum atomic E-state index is -0.448. The van der Waals surface area contributed by atoms with Gasteiger partial charge in [0.1, 0.15) is 17.7 Å². The Labute approximate surface area is 147 Å². The van der Waals surface area contributed by atoms with Crippen LogP contribution in [-0.4, -0.2) is 5.78 Å². The Bertz CT molecular complexity index is 547. The maximum Gasteiger partial charge on any atom is 0.169 e. The monoisotopic (exact) mass is 410 g/mol. The zero-order valence-corrected chi connectivity index (χ0v) is 15.6. The van der Waals surface area contributed by atoms with Crippen LogP contribution >= 0.6 is 22.6 Å². The van der Waals surface area contributed by atoms with Gasteiger partial charge >= 0.3 is 0 Å². The molecule has 0 aromatic rings. The van der Waals surface area contributed by atoms with Crippen LogP contribution in [-0.2, 0) is 4.79 Å². The summed E-state index contributed by atoms with van der Waals surface area (Å²) >= 11 is 2.03. The molecular weight excluding hydrogens is 387 g/mol. The molecule has 1 aliphatic carbocycles. The lowest BCUT2D eigenvalue weighted by Crippen LogP contribution is -2.22. The third kappa shape index (κ3) is 4.43. The fourth-order valence-corrected chi connectivity index (χ4v) is 3.68. The van der Waals surface area contributed by atoms with E-state index in [2.05, 4.69) is 6.92 Å². The number of nitrogens with zero attached hydrogens (tertiary/aromatic N) is 2. The first kappa shape index (κ1) is 18.9. The Balaban J connectivity index is 2.76. The lowest BCUT2D eigenvalue weighted by Gasteiger charge is -2.21. The van der Waals surface area contributed by atoms with Crippen molar-refractivity contribution < 1.29 is 4.79 Å². The lowest BCUT2D eigenvalue weighted by molar-refractivity contribution is -0.122. The van der Waals surface area contributed by atoms with Gasteiger partial charge < -0.3 is 0 Å². The second-order valence-electron chi connectivity index (χ2n) is 6.18. The summed E-state index contributed by atoms with van der Waals surface area (Å²) in [6, 6.07) is 3.86. The van der Waals surface area contributed by atoms with E-state index >= 15 is 0 Å². The van der Waals surface area contributed by atoms with Gasteiger partial charge in [-0.2, -0.15) is 10.5 Å². The molecule has 0 aromatic carbocycles. The molecule has 0 aliphatic heterocycles. The van der Waals surface area contributed by atoms with Crippen LogP contribution in [0.3, 0.4) is 0 Å². The van der Waals surface area contributed by atoms with E-state index in [9.17, 15) is 4.79 Å². The average Bonchev–Trinajstić information content (AvgIpc) is 2.76. The van der Waals surface area contributed by atoms with Gasteiger partial charge in [-0.25, -0.2) is 0 Å². The third-order valence-corrected chi connectivity index (χ3v) is 5.02. The highest BCUT2D eigenvalue weighted by atomic mass is 127. The van der Waals surface area contributed by atoms with Crippen molar-refractivity contribution in [2.24, 2.45) is 5.41 Å². The van der Waals surface area contributed by atoms with Crippen molar-refractivity contribution in [2.75, 3.05) is 0 Å². The standard InChI is InChI=1S/C18H23IN2O/c1-3-4-5-6-7-8-9-18(2)10-15(14(12-20)13-21)16(11-19)17(18)22/h11H,3-10H2,1-2H3/b16-11-. The van der Waals surface area contributed by atoms with Crippen LogP contribution in [0.4, 0.5) is 0 Å². The summed E-state index contributed by atoms with van der Waals surface area (Å²) in [6.45, 7) is 4.17. The van der Waals surface area contributed by atoms with Crippen molar-refractivity contribution >= 4 is 28.4 Å². The quantitative estimate of drug-likeness (QED) is 0.245. The molecule has 3 nitrogen and oxygen atoms in total. The SMILES string of the molecule is CCCCCCCCC1(C)CC(=C(C#N)C#N)/C(=C/I)C1=O. The summed E-state index contributed by atoms with van der Waals surface area (Å²) in [7, 11) is 0. The fourth-order valence-electron chi connectivity index (χ4n) is 3.02. The van der Waals surface area contributed by atoms with Crippen molar-refractivity contribution in [3.63, 3.8) is 0 Å². The summed E-state index contributed by atoms with van der Waals surface area (Å²) in [5, 5.41) is 18.2. The second kappa shape index (κ2) is 9.10. The lowest BCUT2D eigenvalue weighted by atomic mass is 9.81. The molecule has 0 N–H and O–H groups in total. The molecule has 0 spiro atoms. The summed E-state index contributed by atoms with van der Waals surface area (Å²) in [6.07, 6.45) is 8.52. The zero-order valence-electron chi connectivity index (χ0n) is 13.4. The molecule has 4 heteroatoms. The molecule has 0 bridgehead atoms. The van der Waals surface area contributed by atoms with E-state index in [4.69, 9.17) is 10.5 Å².